The summed E-state index contributed by atoms with van der Waals surface area (Å²) in [7, 11) is -1.91. The van der Waals surface area contributed by atoms with Crippen LogP contribution < -0.4 is 9.75 Å². The van der Waals surface area contributed by atoms with Gasteiger partial charge in [-0.15, -0.1) is 0 Å². The first kappa shape index (κ1) is 15.9. The number of rotatable bonds is 3. The first-order valence-electron chi connectivity index (χ1n) is 8.87. The summed E-state index contributed by atoms with van der Waals surface area (Å²) in [5.41, 5.74) is 5.43. The van der Waals surface area contributed by atoms with Crippen LogP contribution >= 0.6 is 0 Å². The largest absolute Gasteiger partial charge is 0.364 e. The maximum absolute atomic E-state index is 2.64. The van der Waals surface area contributed by atoms with E-state index < -0.39 is 8.24 Å². The van der Waals surface area contributed by atoms with E-state index >= 15 is 0 Å². The molecule has 0 N–H and O–H groups in total. The Balaban J connectivity index is 1.90. The Morgan fingerprint density at radius 2 is 1.32 bits per heavy atom. The molecule has 0 aliphatic carbocycles. The normalized spacial score (nSPS) is 14.0. The lowest BCUT2D eigenvalue weighted by Gasteiger charge is -2.44. The summed E-state index contributed by atoms with van der Waals surface area (Å²) in [5.74, 6) is 0. The highest BCUT2D eigenvalue weighted by Gasteiger charge is 2.37. The highest BCUT2D eigenvalue weighted by molar-refractivity contribution is 6.94. The van der Waals surface area contributed by atoms with Gasteiger partial charge in [0.05, 0.1) is 0 Å². The quantitative estimate of drug-likeness (QED) is 0.592. The summed E-state index contributed by atoms with van der Waals surface area (Å²) in [6.07, 6.45) is 3.39. The molecule has 0 saturated heterocycles. The summed E-state index contributed by atoms with van der Waals surface area (Å²) in [6.45, 7) is 4.89. The third-order valence-corrected chi connectivity index (χ3v) is 8.44. The van der Waals surface area contributed by atoms with Gasteiger partial charge in [-0.1, -0.05) is 84.9 Å². The first-order valence-corrected chi connectivity index (χ1v) is 11.8. The first-order chi connectivity index (χ1) is 12.2. The molecule has 3 aromatic rings. The zero-order valence-corrected chi connectivity index (χ0v) is 15.8. The van der Waals surface area contributed by atoms with Crippen molar-refractivity contribution in [3.8, 4) is 0 Å². The Kier molecular flexibility index (Phi) is 4.06. The van der Waals surface area contributed by atoms with E-state index in [1.165, 1.54) is 27.7 Å². The van der Waals surface area contributed by atoms with Crippen molar-refractivity contribution < 1.29 is 0 Å². The van der Waals surface area contributed by atoms with Crippen molar-refractivity contribution in [3.05, 3.63) is 102 Å². The molecule has 3 aromatic carbocycles. The van der Waals surface area contributed by atoms with Crippen LogP contribution in [0.15, 0.2) is 91.0 Å². The second kappa shape index (κ2) is 6.38. The fraction of sp³-hybridized carbons (Fsp3) is 0.130. The minimum atomic E-state index is -1.91. The topological polar surface area (TPSA) is 3.24 Å². The molecule has 0 fully saturated rings. The van der Waals surface area contributed by atoms with Crippen molar-refractivity contribution in [1.29, 1.82) is 0 Å². The predicted octanol–water partition coefficient (Wildman–Crippen LogP) is 5.20. The van der Waals surface area contributed by atoms with Gasteiger partial charge in [0, 0.05) is 11.4 Å². The van der Waals surface area contributed by atoms with Gasteiger partial charge in [-0.2, -0.15) is 0 Å². The van der Waals surface area contributed by atoms with E-state index in [0.29, 0.717) is 0 Å². The summed E-state index contributed by atoms with van der Waals surface area (Å²) < 4.78 is 2.64. The van der Waals surface area contributed by atoms with Gasteiger partial charge in [-0.25, -0.2) is 0 Å². The summed E-state index contributed by atoms with van der Waals surface area (Å²) >= 11 is 0. The van der Waals surface area contributed by atoms with Crippen molar-refractivity contribution in [1.82, 2.24) is 0 Å². The van der Waals surface area contributed by atoms with Gasteiger partial charge < -0.3 is 4.57 Å². The number of hydrogen-bond donors (Lipinski definition) is 0. The Morgan fingerprint density at radius 3 is 2.04 bits per heavy atom. The van der Waals surface area contributed by atoms with Crippen molar-refractivity contribution in [3.63, 3.8) is 0 Å². The van der Waals surface area contributed by atoms with E-state index in [4.69, 9.17) is 0 Å². The van der Waals surface area contributed by atoms with Crippen LogP contribution in [0.5, 0.6) is 0 Å². The lowest BCUT2D eigenvalue weighted by Crippen LogP contribution is -2.58. The van der Waals surface area contributed by atoms with E-state index in [2.05, 4.69) is 109 Å². The number of anilines is 1. The van der Waals surface area contributed by atoms with Gasteiger partial charge in [0.2, 0.25) is 0 Å². The van der Waals surface area contributed by atoms with E-state index in [9.17, 15) is 0 Å². The summed E-state index contributed by atoms with van der Waals surface area (Å²) in [5, 5.41) is 1.45. The van der Waals surface area contributed by atoms with E-state index in [1.54, 1.807) is 0 Å². The number of benzene rings is 3. The molecule has 4 rings (SSSR count). The molecule has 25 heavy (non-hydrogen) atoms. The monoisotopic (exact) mass is 341 g/mol. The van der Waals surface area contributed by atoms with Gasteiger partial charge in [-0.3, -0.25) is 0 Å². The smallest absolute Gasteiger partial charge is 0.187 e. The molecule has 0 radical (unpaired) electrons. The molecule has 0 bridgehead atoms. The summed E-state index contributed by atoms with van der Waals surface area (Å²) in [4.78, 5) is 0. The lowest BCUT2D eigenvalue weighted by atomic mass is 10.0. The maximum atomic E-state index is 2.64. The second-order valence-electron chi connectivity index (χ2n) is 7.05. The van der Waals surface area contributed by atoms with Gasteiger partial charge in [0.15, 0.2) is 8.24 Å². The predicted molar refractivity (Wildman–Crippen MR) is 111 cm³/mol. The van der Waals surface area contributed by atoms with Gasteiger partial charge in [0.1, 0.15) is 0 Å². The number of allylic oxidation sites excluding steroid dienone is 1. The molecular formula is C23H23NSi. The third kappa shape index (κ3) is 2.83. The molecule has 1 aliphatic heterocycles. The molecule has 2 heteroatoms. The number of hydrogen-bond acceptors (Lipinski definition) is 1. The second-order valence-corrected chi connectivity index (χ2v) is 11.2. The highest BCUT2D eigenvalue weighted by Crippen LogP contribution is 2.38. The number of fused-ring (bicyclic) bond motifs is 1. The van der Waals surface area contributed by atoms with Crippen molar-refractivity contribution in [2.45, 2.75) is 19.5 Å². The zero-order valence-electron chi connectivity index (χ0n) is 14.8. The molecule has 0 saturated carbocycles. The highest BCUT2D eigenvalue weighted by atomic mass is 28.3. The molecule has 1 heterocycles. The molecule has 0 unspecified atom stereocenters. The fourth-order valence-electron chi connectivity index (χ4n) is 3.76. The van der Waals surface area contributed by atoms with Crippen LogP contribution in [0.1, 0.15) is 11.1 Å². The minimum absolute atomic E-state index is 0.996. The maximum Gasteiger partial charge on any atom is 0.187 e. The van der Waals surface area contributed by atoms with Crippen molar-refractivity contribution in [2.75, 3.05) is 4.57 Å². The van der Waals surface area contributed by atoms with Crippen molar-refractivity contribution in [2.24, 2.45) is 0 Å². The molecule has 0 amide bonds. The van der Waals surface area contributed by atoms with Crippen LogP contribution in [-0.4, -0.2) is 8.24 Å². The lowest BCUT2D eigenvalue weighted by molar-refractivity contribution is 1.17. The van der Waals surface area contributed by atoms with Gasteiger partial charge in [-0.05, 0) is 41.9 Å². The standard InChI is InChI=1S/C23H23NSi/c1-25(2,21-14-7-4-8-15-21)24-22-16-10-9-13-20(22)17-18-23(24)19-11-5-3-6-12-19/h3-16,18H,17H2,1-2H3. The van der Waals surface area contributed by atoms with Crippen LogP contribution in [0.2, 0.25) is 13.1 Å². The zero-order chi connectivity index (χ0) is 17.3. The Bertz CT molecular complexity index is 898. The van der Waals surface area contributed by atoms with Crippen molar-refractivity contribution >= 4 is 24.8 Å². The SMILES string of the molecule is C[Si](C)(c1ccccc1)N1C(c2ccccc2)=CCc2ccccc21. The molecule has 1 nitrogen and oxygen atoms in total. The molecule has 0 spiro atoms. The molecule has 0 atom stereocenters. The van der Waals surface area contributed by atoms with Crippen LogP contribution in [0.4, 0.5) is 5.69 Å². The number of para-hydroxylation sites is 1. The van der Waals surface area contributed by atoms with Crippen LogP contribution in [-0.2, 0) is 6.42 Å². The Hall–Kier alpha value is -2.58. The van der Waals surface area contributed by atoms with Gasteiger partial charge in [0.25, 0.3) is 0 Å². The average molecular weight is 342 g/mol. The number of nitrogens with zero attached hydrogens (tertiary/aromatic N) is 1. The molecule has 124 valence electrons. The fourth-order valence-corrected chi connectivity index (χ4v) is 6.67. The third-order valence-electron chi connectivity index (χ3n) is 5.10. The van der Waals surface area contributed by atoms with E-state index in [0.717, 1.165) is 6.42 Å². The average Bonchev–Trinajstić information content (AvgIpc) is 2.68. The molecule has 1 aliphatic rings. The van der Waals surface area contributed by atoms with Crippen LogP contribution in [0.25, 0.3) is 5.70 Å². The van der Waals surface area contributed by atoms with Gasteiger partial charge >= 0.3 is 0 Å². The van der Waals surface area contributed by atoms with E-state index in [-0.39, 0.29) is 0 Å². The summed E-state index contributed by atoms with van der Waals surface area (Å²) in [6, 6.07) is 30.6. The molecule has 0 aromatic heterocycles. The minimum Gasteiger partial charge on any atom is -0.364 e. The molecular weight excluding hydrogens is 318 g/mol. The van der Waals surface area contributed by atoms with Crippen LogP contribution in [0, 0.1) is 0 Å². The van der Waals surface area contributed by atoms with Crippen LogP contribution in [0.3, 0.4) is 0 Å². The van der Waals surface area contributed by atoms with E-state index in [1.807, 2.05) is 0 Å². The Labute approximate surface area is 151 Å². The Morgan fingerprint density at radius 1 is 0.720 bits per heavy atom.